The second-order valence-electron chi connectivity index (χ2n) is 2.02. The number of hydrogen-bond donors (Lipinski definition) is 2. The van der Waals surface area contributed by atoms with Crippen molar-refractivity contribution in [2.45, 2.75) is 0 Å². The van der Waals surface area contributed by atoms with E-state index in [4.69, 9.17) is 11.6 Å². The SMILES string of the molecule is NN=C(N)c1ccc(F)cc1. The molecule has 0 aliphatic carbocycles. The first-order valence-corrected chi connectivity index (χ1v) is 3.03. The highest BCUT2D eigenvalue weighted by molar-refractivity contribution is 5.97. The van der Waals surface area contributed by atoms with Crippen molar-refractivity contribution in [3.05, 3.63) is 35.6 Å². The monoisotopic (exact) mass is 153 g/mol. The van der Waals surface area contributed by atoms with Gasteiger partial charge < -0.3 is 11.6 Å². The first kappa shape index (κ1) is 7.53. The van der Waals surface area contributed by atoms with Crippen molar-refractivity contribution in [1.82, 2.24) is 0 Å². The first-order chi connectivity index (χ1) is 5.24. The number of nitrogens with zero attached hydrogens (tertiary/aromatic N) is 1. The number of rotatable bonds is 1. The Hall–Kier alpha value is -1.58. The van der Waals surface area contributed by atoms with Crippen LogP contribution in [0.4, 0.5) is 4.39 Å². The molecule has 0 heterocycles. The first-order valence-electron chi connectivity index (χ1n) is 3.03. The summed E-state index contributed by atoms with van der Waals surface area (Å²) in [7, 11) is 0. The average Bonchev–Trinajstić information content (AvgIpc) is 2.05. The lowest BCUT2D eigenvalue weighted by Crippen LogP contribution is -2.15. The van der Waals surface area contributed by atoms with E-state index in [-0.39, 0.29) is 11.7 Å². The van der Waals surface area contributed by atoms with E-state index in [0.717, 1.165) is 0 Å². The second-order valence-corrected chi connectivity index (χ2v) is 2.02. The summed E-state index contributed by atoms with van der Waals surface area (Å²) in [5, 5.41) is 3.26. The molecule has 0 fully saturated rings. The van der Waals surface area contributed by atoms with Gasteiger partial charge in [-0.3, -0.25) is 0 Å². The molecular weight excluding hydrogens is 145 g/mol. The van der Waals surface area contributed by atoms with Crippen LogP contribution in [0, 0.1) is 5.82 Å². The third kappa shape index (κ3) is 1.67. The highest BCUT2D eigenvalue weighted by atomic mass is 19.1. The van der Waals surface area contributed by atoms with Gasteiger partial charge in [-0.2, -0.15) is 5.10 Å². The summed E-state index contributed by atoms with van der Waals surface area (Å²) < 4.78 is 12.3. The molecule has 0 spiro atoms. The van der Waals surface area contributed by atoms with Crippen LogP contribution in [-0.4, -0.2) is 5.84 Å². The molecule has 0 radical (unpaired) electrons. The van der Waals surface area contributed by atoms with Crippen molar-refractivity contribution in [3.63, 3.8) is 0 Å². The van der Waals surface area contributed by atoms with Gasteiger partial charge in [0.2, 0.25) is 0 Å². The predicted molar refractivity (Wildman–Crippen MR) is 41.3 cm³/mol. The van der Waals surface area contributed by atoms with E-state index in [1.807, 2.05) is 0 Å². The van der Waals surface area contributed by atoms with Gasteiger partial charge in [0.05, 0.1) is 0 Å². The smallest absolute Gasteiger partial charge is 0.150 e. The van der Waals surface area contributed by atoms with Gasteiger partial charge in [-0.05, 0) is 24.3 Å². The molecule has 0 aliphatic rings. The van der Waals surface area contributed by atoms with Crippen LogP contribution in [0.1, 0.15) is 5.56 Å². The molecule has 0 atom stereocenters. The van der Waals surface area contributed by atoms with E-state index in [0.29, 0.717) is 5.56 Å². The van der Waals surface area contributed by atoms with E-state index < -0.39 is 0 Å². The molecule has 3 nitrogen and oxygen atoms in total. The highest BCUT2D eigenvalue weighted by Gasteiger charge is 1.96. The fraction of sp³-hybridized carbons (Fsp3) is 0. The van der Waals surface area contributed by atoms with Crippen LogP contribution in [0.15, 0.2) is 29.4 Å². The van der Waals surface area contributed by atoms with Crippen molar-refractivity contribution in [2.24, 2.45) is 16.7 Å². The van der Waals surface area contributed by atoms with Crippen LogP contribution in [-0.2, 0) is 0 Å². The fourth-order valence-corrected chi connectivity index (χ4v) is 0.695. The lowest BCUT2D eigenvalue weighted by Gasteiger charge is -1.96. The Kier molecular flexibility index (Phi) is 2.06. The Bertz CT molecular complexity index is 266. The Labute approximate surface area is 63.5 Å². The second kappa shape index (κ2) is 3.01. The molecular formula is C7H8FN3. The summed E-state index contributed by atoms with van der Waals surface area (Å²) in [6.07, 6.45) is 0. The zero-order chi connectivity index (χ0) is 8.27. The topological polar surface area (TPSA) is 64.4 Å². The van der Waals surface area contributed by atoms with Crippen LogP contribution >= 0.6 is 0 Å². The van der Waals surface area contributed by atoms with E-state index in [2.05, 4.69) is 5.10 Å². The molecule has 4 N–H and O–H groups in total. The van der Waals surface area contributed by atoms with Gasteiger partial charge in [-0.1, -0.05) is 0 Å². The van der Waals surface area contributed by atoms with E-state index in [1.54, 1.807) is 0 Å². The lowest BCUT2D eigenvalue weighted by atomic mass is 10.2. The Balaban J connectivity index is 2.99. The van der Waals surface area contributed by atoms with E-state index >= 15 is 0 Å². The molecule has 0 aromatic heterocycles. The van der Waals surface area contributed by atoms with Crippen LogP contribution in [0.5, 0.6) is 0 Å². The molecule has 0 saturated carbocycles. The largest absolute Gasteiger partial charge is 0.382 e. The van der Waals surface area contributed by atoms with Gasteiger partial charge in [0.15, 0.2) is 0 Å². The standard InChI is InChI=1S/C7H8FN3/c8-6-3-1-5(2-4-6)7(9)11-10/h1-4H,10H2,(H2,9,11). The van der Waals surface area contributed by atoms with Crippen molar-refractivity contribution in [3.8, 4) is 0 Å². The molecule has 0 saturated heterocycles. The molecule has 1 aromatic carbocycles. The third-order valence-electron chi connectivity index (χ3n) is 1.28. The third-order valence-corrected chi connectivity index (χ3v) is 1.28. The van der Waals surface area contributed by atoms with Crippen LogP contribution in [0.25, 0.3) is 0 Å². The maximum absolute atomic E-state index is 12.3. The number of nitrogens with two attached hydrogens (primary N) is 2. The zero-order valence-corrected chi connectivity index (χ0v) is 5.79. The molecule has 1 rings (SSSR count). The van der Waals surface area contributed by atoms with Gasteiger partial charge in [-0.15, -0.1) is 0 Å². The van der Waals surface area contributed by atoms with E-state index in [1.165, 1.54) is 24.3 Å². The molecule has 4 heteroatoms. The summed E-state index contributed by atoms with van der Waals surface area (Å²) in [4.78, 5) is 0. The minimum absolute atomic E-state index is 0.199. The Morgan fingerprint density at radius 3 is 2.27 bits per heavy atom. The molecule has 58 valence electrons. The maximum Gasteiger partial charge on any atom is 0.150 e. The lowest BCUT2D eigenvalue weighted by molar-refractivity contribution is 0.628. The number of hydrazone groups is 1. The average molecular weight is 153 g/mol. The predicted octanol–water partition coefficient (Wildman–Crippen LogP) is 0.405. The van der Waals surface area contributed by atoms with Gasteiger partial charge in [0.25, 0.3) is 0 Å². The van der Waals surface area contributed by atoms with Crippen molar-refractivity contribution in [2.75, 3.05) is 0 Å². The molecule has 0 aliphatic heterocycles. The molecule has 0 amide bonds. The number of amidine groups is 1. The fourth-order valence-electron chi connectivity index (χ4n) is 0.695. The van der Waals surface area contributed by atoms with Gasteiger partial charge in [0, 0.05) is 5.56 Å². The normalized spacial score (nSPS) is 11.5. The minimum atomic E-state index is -0.307. The molecule has 0 bridgehead atoms. The van der Waals surface area contributed by atoms with E-state index in [9.17, 15) is 4.39 Å². The number of benzene rings is 1. The Morgan fingerprint density at radius 1 is 1.27 bits per heavy atom. The number of halogens is 1. The summed E-state index contributed by atoms with van der Waals surface area (Å²) in [5.41, 5.74) is 5.97. The van der Waals surface area contributed by atoms with Gasteiger partial charge in [0.1, 0.15) is 11.7 Å². The quantitative estimate of drug-likeness (QED) is 0.265. The van der Waals surface area contributed by atoms with Gasteiger partial charge in [-0.25, -0.2) is 4.39 Å². The Morgan fingerprint density at radius 2 is 1.82 bits per heavy atom. The molecule has 11 heavy (non-hydrogen) atoms. The summed E-state index contributed by atoms with van der Waals surface area (Å²) in [6.45, 7) is 0. The van der Waals surface area contributed by atoms with Crippen molar-refractivity contribution >= 4 is 5.84 Å². The minimum Gasteiger partial charge on any atom is -0.382 e. The zero-order valence-electron chi connectivity index (χ0n) is 5.79. The van der Waals surface area contributed by atoms with Crippen LogP contribution in [0.3, 0.4) is 0 Å². The maximum atomic E-state index is 12.3. The number of hydrogen-bond acceptors (Lipinski definition) is 2. The van der Waals surface area contributed by atoms with Crippen LogP contribution in [0.2, 0.25) is 0 Å². The summed E-state index contributed by atoms with van der Waals surface area (Å²) in [5.74, 6) is 4.80. The summed E-state index contributed by atoms with van der Waals surface area (Å²) in [6, 6.07) is 5.63. The molecule has 0 unspecified atom stereocenters. The van der Waals surface area contributed by atoms with Gasteiger partial charge >= 0.3 is 0 Å². The summed E-state index contributed by atoms with van der Waals surface area (Å²) >= 11 is 0. The van der Waals surface area contributed by atoms with Crippen molar-refractivity contribution < 1.29 is 4.39 Å². The van der Waals surface area contributed by atoms with Crippen molar-refractivity contribution in [1.29, 1.82) is 0 Å². The molecule has 1 aromatic rings. The highest BCUT2D eigenvalue weighted by Crippen LogP contribution is 2.01. The van der Waals surface area contributed by atoms with Crippen LogP contribution < -0.4 is 11.6 Å².